The van der Waals surface area contributed by atoms with Crippen LogP contribution in [0.2, 0.25) is 0 Å². The van der Waals surface area contributed by atoms with Crippen molar-refractivity contribution in [3.05, 3.63) is 54.3 Å². The van der Waals surface area contributed by atoms with Crippen LogP contribution in [0.15, 0.2) is 54.3 Å². The second-order valence-corrected chi connectivity index (χ2v) is 7.58. The smallest absolute Gasteiger partial charge is 0.123 e. The van der Waals surface area contributed by atoms with E-state index in [0.717, 1.165) is 29.3 Å². The molecule has 2 rings (SSSR count). The predicted molar refractivity (Wildman–Crippen MR) is 97.7 cm³/mol. The molecule has 0 aromatic heterocycles. The second kappa shape index (κ2) is 7.40. The molecule has 0 aliphatic carbocycles. The number of nitrogens with zero attached hydrogens (tertiary/aromatic N) is 1. The topological polar surface area (TPSA) is 12.5 Å². The molecule has 0 N–H and O–H groups in total. The van der Waals surface area contributed by atoms with Crippen molar-refractivity contribution in [3.63, 3.8) is 0 Å². The summed E-state index contributed by atoms with van der Waals surface area (Å²) in [5, 5.41) is 0. The summed E-state index contributed by atoms with van der Waals surface area (Å²) in [4.78, 5) is 2.09. The van der Waals surface area contributed by atoms with Gasteiger partial charge < -0.3 is 9.64 Å². The maximum atomic E-state index is 5.34. The van der Waals surface area contributed by atoms with Gasteiger partial charge in [0, 0.05) is 25.0 Å². The Balaban J connectivity index is 2.50. The summed E-state index contributed by atoms with van der Waals surface area (Å²) in [6.45, 7) is 0.459. The number of ether oxygens (including phenoxy) is 1. The molecule has 0 amide bonds. The summed E-state index contributed by atoms with van der Waals surface area (Å²) in [5.41, 5.74) is 2.08. The molecule has 0 spiro atoms. The van der Waals surface area contributed by atoms with Crippen LogP contribution in [0.5, 0.6) is 0 Å². The zero-order valence-corrected chi connectivity index (χ0v) is 16.9. The fraction of sp³-hybridized carbons (Fsp3) is 0.143. The summed E-state index contributed by atoms with van der Waals surface area (Å²) in [6, 6.07) is 12.1. The van der Waals surface area contributed by atoms with E-state index in [4.69, 9.17) is 4.74 Å². The molecular weight excluding hydrogens is 518 g/mol. The van der Waals surface area contributed by atoms with Gasteiger partial charge in [0.05, 0.1) is 11.4 Å². The number of anilines is 2. The first-order valence-corrected chi connectivity index (χ1v) is 8.86. The Morgan fingerprint density at radius 3 is 1.65 bits per heavy atom. The maximum Gasteiger partial charge on any atom is 0.123 e. The Kier molecular flexibility index (Phi) is 6.10. The van der Waals surface area contributed by atoms with Gasteiger partial charge in [0.15, 0.2) is 0 Å². The quantitative estimate of drug-likeness (QED) is 0.421. The molecule has 0 atom stereocenters. The first-order chi connectivity index (χ1) is 9.52. The van der Waals surface area contributed by atoms with Crippen molar-refractivity contribution in [2.45, 2.75) is 0 Å². The zero-order chi connectivity index (χ0) is 14.7. The Hall–Kier alpha value is 0.120. The SMILES string of the molecule is COCN(c1ccc(Br)cc1Br)c1ccc(Br)cc1Br. The molecule has 20 heavy (non-hydrogen) atoms. The summed E-state index contributed by atoms with van der Waals surface area (Å²) >= 11 is 14.1. The van der Waals surface area contributed by atoms with Crippen LogP contribution in [-0.4, -0.2) is 13.8 Å². The largest absolute Gasteiger partial charge is 0.364 e. The van der Waals surface area contributed by atoms with Crippen molar-refractivity contribution in [1.82, 2.24) is 0 Å². The van der Waals surface area contributed by atoms with Crippen LogP contribution >= 0.6 is 63.7 Å². The Morgan fingerprint density at radius 1 is 0.850 bits per heavy atom. The van der Waals surface area contributed by atoms with Gasteiger partial charge >= 0.3 is 0 Å². The minimum absolute atomic E-state index is 0.459. The lowest BCUT2D eigenvalue weighted by molar-refractivity contribution is 0.206. The number of rotatable bonds is 4. The molecule has 6 heteroatoms. The van der Waals surface area contributed by atoms with Crippen LogP contribution in [0.4, 0.5) is 11.4 Å². The van der Waals surface area contributed by atoms with Gasteiger partial charge in [-0.1, -0.05) is 31.9 Å². The van der Waals surface area contributed by atoms with Crippen molar-refractivity contribution in [3.8, 4) is 0 Å². The number of halogens is 4. The van der Waals surface area contributed by atoms with Crippen LogP contribution in [0.1, 0.15) is 0 Å². The molecule has 0 heterocycles. The standard InChI is InChI=1S/C14H11Br4NO/c1-20-8-19(13-4-2-9(15)6-11(13)17)14-5-3-10(16)7-12(14)18/h2-7H,8H2,1H3. The Morgan fingerprint density at radius 2 is 1.30 bits per heavy atom. The van der Waals surface area contributed by atoms with Gasteiger partial charge in [0.2, 0.25) is 0 Å². The van der Waals surface area contributed by atoms with E-state index in [2.05, 4.69) is 68.6 Å². The average molecular weight is 529 g/mol. The summed E-state index contributed by atoms with van der Waals surface area (Å²) in [5.74, 6) is 0. The highest BCUT2D eigenvalue weighted by atomic mass is 79.9. The number of benzene rings is 2. The second-order valence-electron chi connectivity index (χ2n) is 4.04. The van der Waals surface area contributed by atoms with Crippen LogP contribution in [0.3, 0.4) is 0 Å². The van der Waals surface area contributed by atoms with Crippen molar-refractivity contribution < 1.29 is 4.74 Å². The van der Waals surface area contributed by atoms with E-state index in [1.807, 2.05) is 36.4 Å². The first kappa shape index (κ1) is 16.5. The van der Waals surface area contributed by atoms with Crippen molar-refractivity contribution in [2.75, 3.05) is 18.7 Å². The molecular formula is C14H11Br4NO. The third-order valence-electron chi connectivity index (χ3n) is 2.66. The van der Waals surface area contributed by atoms with E-state index < -0.39 is 0 Å². The molecule has 0 saturated carbocycles. The highest BCUT2D eigenvalue weighted by Gasteiger charge is 2.15. The van der Waals surface area contributed by atoms with Gasteiger partial charge in [0.1, 0.15) is 6.73 Å². The van der Waals surface area contributed by atoms with E-state index in [0.29, 0.717) is 6.73 Å². The van der Waals surface area contributed by atoms with Crippen molar-refractivity contribution in [2.24, 2.45) is 0 Å². The van der Waals surface area contributed by atoms with Gasteiger partial charge in [-0.15, -0.1) is 0 Å². The minimum atomic E-state index is 0.459. The Bertz CT molecular complexity index is 567. The lowest BCUT2D eigenvalue weighted by atomic mass is 10.2. The Labute approximate surface area is 152 Å². The predicted octanol–water partition coefficient (Wildman–Crippen LogP) is 6.48. The molecule has 0 radical (unpaired) electrons. The molecule has 0 fully saturated rings. The summed E-state index contributed by atoms with van der Waals surface area (Å²) < 4.78 is 9.40. The van der Waals surface area contributed by atoms with Crippen molar-refractivity contribution >= 4 is 75.1 Å². The van der Waals surface area contributed by atoms with Crippen molar-refractivity contribution in [1.29, 1.82) is 0 Å². The molecule has 2 aromatic carbocycles. The van der Waals surface area contributed by atoms with Gasteiger partial charge in [0.25, 0.3) is 0 Å². The van der Waals surface area contributed by atoms with Gasteiger partial charge in [-0.05, 0) is 68.3 Å². The van der Waals surface area contributed by atoms with Crippen LogP contribution in [0.25, 0.3) is 0 Å². The molecule has 106 valence electrons. The fourth-order valence-electron chi connectivity index (χ4n) is 1.80. The maximum absolute atomic E-state index is 5.34. The molecule has 0 saturated heterocycles. The molecule has 0 bridgehead atoms. The lowest BCUT2D eigenvalue weighted by Crippen LogP contribution is -2.20. The van der Waals surface area contributed by atoms with E-state index in [9.17, 15) is 0 Å². The monoisotopic (exact) mass is 525 g/mol. The first-order valence-electron chi connectivity index (χ1n) is 5.69. The van der Waals surface area contributed by atoms with Crippen LogP contribution in [-0.2, 0) is 4.74 Å². The number of hydrogen-bond donors (Lipinski definition) is 0. The van der Waals surface area contributed by atoms with Crippen LogP contribution in [0, 0.1) is 0 Å². The van der Waals surface area contributed by atoms with E-state index in [1.54, 1.807) is 7.11 Å². The zero-order valence-electron chi connectivity index (χ0n) is 10.5. The van der Waals surface area contributed by atoms with Crippen LogP contribution < -0.4 is 4.90 Å². The molecule has 2 aromatic rings. The third-order valence-corrected chi connectivity index (χ3v) is 4.92. The lowest BCUT2D eigenvalue weighted by Gasteiger charge is -2.26. The van der Waals surface area contributed by atoms with Gasteiger partial charge in [-0.25, -0.2) is 0 Å². The minimum Gasteiger partial charge on any atom is -0.364 e. The fourth-order valence-corrected chi connectivity index (χ4v) is 4.32. The third kappa shape index (κ3) is 3.85. The number of hydrogen-bond acceptors (Lipinski definition) is 2. The van der Waals surface area contributed by atoms with Gasteiger partial charge in [-0.2, -0.15) is 0 Å². The van der Waals surface area contributed by atoms with E-state index >= 15 is 0 Å². The molecule has 0 aliphatic heterocycles. The normalized spacial score (nSPS) is 10.7. The summed E-state index contributed by atoms with van der Waals surface area (Å²) in [6.07, 6.45) is 0. The van der Waals surface area contributed by atoms with E-state index in [-0.39, 0.29) is 0 Å². The average Bonchev–Trinajstić information content (AvgIpc) is 2.37. The number of methoxy groups -OCH3 is 1. The highest BCUT2D eigenvalue weighted by molar-refractivity contribution is 9.11. The molecule has 0 unspecified atom stereocenters. The van der Waals surface area contributed by atoms with E-state index in [1.165, 1.54) is 0 Å². The highest BCUT2D eigenvalue weighted by Crippen LogP contribution is 2.38. The molecule has 2 nitrogen and oxygen atoms in total. The summed E-state index contributed by atoms with van der Waals surface area (Å²) in [7, 11) is 1.69. The molecule has 0 aliphatic rings. The van der Waals surface area contributed by atoms with Gasteiger partial charge in [-0.3, -0.25) is 0 Å².